The molecular weight excluding hydrogens is 428 g/mol. The van der Waals surface area contributed by atoms with E-state index in [0.29, 0.717) is 13.1 Å². The van der Waals surface area contributed by atoms with Gasteiger partial charge < -0.3 is 25.6 Å². The van der Waals surface area contributed by atoms with Gasteiger partial charge in [0.2, 0.25) is 11.8 Å². The lowest BCUT2D eigenvalue weighted by molar-refractivity contribution is -0.140. The summed E-state index contributed by atoms with van der Waals surface area (Å²) < 4.78 is 6.47. The molecule has 1 aliphatic carbocycles. The molecule has 2 heterocycles. The maximum absolute atomic E-state index is 13.9. The Labute approximate surface area is 201 Å². The molecule has 3 fully saturated rings. The Kier molecular flexibility index (Phi) is 7.02. The van der Waals surface area contributed by atoms with Crippen LogP contribution >= 0.6 is 0 Å². The van der Waals surface area contributed by atoms with Gasteiger partial charge in [-0.3, -0.25) is 9.59 Å². The summed E-state index contributed by atoms with van der Waals surface area (Å²) in [5, 5.41) is 11.9. The number of hydrogen-bond acceptors (Lipinski definition) is 5. The fourth-order valence-corrected chi connectivity index (χ4v) is 6.08. The van der Waals surface area contributed by atoms with Crippen LogP contribution in [0, 0.1) is 5.92 Å². The van der Waals surface area contributed by atoms with E-state index in [2.05, 4.69) is 40.2 Å². The van der Waals surface area contributed by atoms with Gasteiger partial charge in [-0.15, -0.1) is 0 Å². The molecule has 2 amide bonds. The van der Waals surface area contributed by atoms with Crippen molar-refractivity contribution in [3.05, 3.63) is 42.5 Å². The number of rotatable bonds is 7. The van der Waals surface area contributed by atoms with E-state index in [9.17, 15) is 9.59 Å². The zero-order valence-corrected chi connectivity index (χ0v) is 20.0. The van der Waals surface area contributed by atoms with Crippen molar-refractivity contribution >= 4 is 22.6 Å². The second kappa shape index (κ2) is 10.3. The summed E-state index contributed by atoms with van der Waals surface area (Å²) in [7, 11) is 1.75. The van der Waals surface area contributed by atoms with Gasteiger partial charge >= 0.3 is 0 Å². The van der Waals surface area contributed by atoms with Crippen molar-refractivity contribution in [2.45, 2.75) is 62.8 Å². The molecule has 7 nitrogen and oxygen atoms in total. The number of likely N-dealkylation sites (N-methyl/N-ethyl adjacent to an activating group) is 1. The lowest BCUT2D eigenvalue weighted by atomic mass is 9.83. The summed E-state index contributed by atoms with van der Waals surface area (Å²) in [5.74, 6) is 0.974. The van der Waals surface area contributed by atoms with Crippen LogP contribution in [-0.4, -0.2) is 67.6 Å². The third-order valence-corrected chi connectivity index (χ3v) is 7.75. The van der Waals surface area contributed by atoms with Crippen molar-refractivity contribution in [2.75, 3.05) is 26.7 Å². The van der Waals surface area contributed by atoms with Gasteiger partial charge in [-0.2, -0.15) is 0 Å². The Hall–Kier alpha value is -2.64. The molecule has 0 radical (unpaired) electrons. The lowest BCUT2D eigenvalue weighted by Gasteiger charge is -2.36. The van der Waals surface area contributed by atoms with Gasteiger partial charge in [0, 0.05) is 19.1 Å². The minimum Gasteiger partial charge on any atom is -0.487 e. The van der Waals surface area contributed by atoms with E-state index in [1.165, 1.54) is 11.8 Å². The summed E-state index contributed by atoms with van der Waals surface area (Å²) in [6.07, 6.45) is 6.24. The van der Waals surface area contributed by atoms with E-state index in [0.717, 1.165) is 43.2 Å². The SMILES string of the molecule is CNCC(=O)NC(C(=O)N1CCC2NCC(Oc3ccc4ccccc4c3)C21)C1CCCCC1. The summed E-state index contributed by atoms with van der Waals surface area (Å²) in [6, 6.07) is 14.2. The molecule has 4 unspecified atom stereocenters. The van der Waals surface area contributed by atoms with Crippen molar-refractivity contribution in [2.24, 2.45) is 5.92 Å². The van der Waals surface area contributed by atoms with Crippen LogP contribution in [0.25, 0.3) is 10.8 Å². The average Bonchev–Trinajstić information content (AvgIpc) is 3.46. The predicted molar refractivity (Wildman–Crippen MR) is 133 cm³/mol. The van der Waals surface area contributed by atoms with Crippen LogP contribution in [0.5, 0.6) is 5.75 Å². The number of ether oxygens (including phenoxy) is 1. The third kappa shape index (κ3) is 4.77. The van der Waals surface area contributed by atoms with E-state index in [4.69, 9.17) is 4.74 Å². The lowest BCUT2D eigenvalue weighted by Crippen LogP contribution is -2.57. The molecule has 4 atom stereocenters. The standard InChI is InChI=1S/C27H36N4O3/c1-28-17-24(32)30-25(19-8-3-2-4-9-19)27(33)31-14-13-22-26(31)23(16-29-22)34-21-12-11-18-7-5-6-10-20(18)15-21/h5-7,10-12,15,19,22-23,25-26,28-29H,2-4,8-9,13-14,16-17H2,1H3,(H,30,32). The Morgan fingerprint density at radius 3 is 2.68 bits per heavy atom. The van der Waals surface area contributed by atoms with Gasteiger partial charge in [-0.05, 0) is 55.1 Å². The first-order chi connectivity index (χ1) is 16.6. The van der Waals surface area contributed by atoms with Gasteiger partial charge in [0.05, 0.1) is 12.6 Å². The molecule has 182 valence electrons. The molecule has 0 aromatic heterocycles. The maximum atomic E-state index is 13.9. The number of likely N-dealkylation sites (tertiary alicyclic amines) is 1. The molecule has 0 spiro atoms. The molecule has 1 saturated carbocycles. The monoisotopic (exact) mass is 464 g/mol. The molecular formula is C27H36N4O3. The van der Waals surface area contributed by atoms with Crippen molar-refractivity contribution < 1.29 is 14.3 Å². The third-order valence-electron chi connectivity index (χ3n) is 7.75. The topological polar surface area (TPSA) is 82.7 Å². The van der Waals surface area contributed by atoms with Crippen LogP contribution in [0.2, 0.25) is 0 Å². The molecule has 5 rings (SSSR count). The molecule has 2 aromatic rings. The first-order valence-corrected chi connectivity index (χ1v) is 12.8. The highest BCUT2D eigenvalue weighted by molar-refractivity contribution is 5.89. The van der Waals surface area contributed by atoms with Crippen LogP contribution in [0.1, 0.15) is 38.5 Å². The number of carbonyl (C=O) groups excluding carboxylic acids is 2. The van der Waals surface area contributed by atoms with Crippen LogP contribution in [0.15, 0.2) is 42.5 Å². The summed E-state index contributed by atoms with van der Waals surface area (Å²) in [6.45, 7) is 1.63. The molecule has 3 aliphatic rings. The van der Waals surface area contributed by atoms with Crippen LogP contribution in [-0.2, 0) is 9.59 Å². The number of nitrogens with zero attached hydrogens (tertiary/aromatic N) is 1. The highest BCUT2D eigenvalue weighted by Gasteiger charge is 2.49. The van der Waals surface area contributed by atoms with E-state index in [1.54, 1.807) is 7.05 Å². The number of amides is 2. The van der Waals surface area contributed by atoms with Gasteiger partial charge in [0.15, 0.2) is 0 Å². The van der Waals surface area contributed by atoms with Crippen molar-refractivity contribution in [3.8, 4) is 5.75 Å². The first kappa shape index (κ1) is 23.1. The molecule has 2 saturated heterocycles. The summed E-state index contributed by atoms with van der Waals surface area (Å²) in [5.41, 5.74) is 0. The Morgan fingerprint density at radius 2 is 1.88 bits per heavy atom. The maximum Gasteiger partial charge on any atom is 0.245 e. The van der Waals surface area contributed by atoms with Gasteiger partial charge in [-0.1, -0.05) is 49.6 Å². The highest BCUT2D eigenvalue weighted by Crippen LogP contribution is 2.33. The van der Waals surface area contributed by atoms with Crippen molar-refractivity contribution in [1.29, 1.82) is 0 Å². The number of benzene rings is 2. The van der Waals surface area contributed by atoms with Crippen LogP contribution < -0.4 is 20.7 Å². The minimum atomic E-state index is -0.457. The normalized spacial score (nSPS) is 25.8. The van der Waals surface area contributed by atoms with E-state index >= 15 is 0 Å². The molecule has 34 heavy (non-hydrogen) atoms. The quantitative estimate of drug-likeness (QED) is 0.586. The second-order valence-electron chi connectivity index (χ2n) is 9.96. The fraction of sp³-hybridized carbons (Fsp3) is 0.556. The Balaban J connectivity index is 1.34. The first-order valence-electron chi connectivity index (χ1n) is 12.8. The number of carbonyl (C=O) groups is 2. The van der Waals surface area contributed by atoms with E-state index in [-0.39, 0.29) is 42.5 Å². The molecule has 3 N–H and O–H groups in total. The number of hydrogen-bond donors (Lipinski definition) is 3. The number of nitrogens with one attached hydrogen (secondary N) is 3. The van der Waals surface area contributed by atoms with Gasteiger partial charge in [-0.25, -0.2) is 0 Å². The average molecular weight is 465 g/mol. The molecule has 7 heteroatoms. The van der Waals surface area contributed by atoms with Gasteiger partial charge in [0.25, 0.3) is 0 Å². The molecule has 0 bridgehead atoms. The van der Waals surface area contributed by atoms with Crippen LogP contribution in [0.4, 0.5) is 0 Å². The summed E-state index contributed by atoms with van der Waals surface area (Å²) in [4.78, 5) is 28.4. The van der Waals surface area contributed by atoms with E-state index < -0.39 is 6.04 Å². The largest absolute Gasteiger partial charge is 0.487 e. The Bertz CT molecular complexity index is 1020. The van der Waals surface area contributed by atoms with Crippen molar-refractivity contribution in [1.82, 2.24) is 20.9 Å². The zero-order valence-electron chi connectivity index (χ0n) is 20.0. The predicted octanol–water partition coefficient (Wildman–Crippen LogP) is 2.44. The molecule has 2 aliphatic heterocycles. The number of fused-ring (bicyclic) bond motifs is 2. The van der Waals surface area contributed by atoms with Crippen molar-refractivity contribution in [3.63, 3.8) is 0 Å². The van der Waals surface area contributed by atoms with Crippen LogP contribution in [0.3, 0.4) is 0 Å². The second-order valence-corrected chi connectivity index (χ2v) is 9.96. The zero-order chi connectivity index (χ0) is 23.5. The van der Waals surface area contributed by atoms with Gasteiger partial charge in [0.1, 0.15) is 17.9 Å². The fourth-order valence-electron chi connectivity index (χ4n) is 6.08. The Morgan fingerprint density at radius 1 is 1.09 bits per heavy atom. The highest BCUT2D eigenvalue weighted by atomic mass is 16.5. The smallest absolute Gasteiger partial charge is 0.245 e. The van der Waals surface area contributed by atoms with E-state index in [1.807, 2.05) is 23.1 Å². The molecule has 2 aromatic carbocycles. The minimum absolute atomic E-state index is 0.0220. The summed E-state index contributed by atoms with van der Waals surface area (Å²) >= 11 is 0.